The van der Waals surface area contributed by atoms with Crippen LogP contribution in [0.4, 0.5) is 0 Å². The van der Waals surface area contributed by atoms with Crippen LogP contribution in [0.5, 0.6) is 34.5 Å². The van der Waals surface area contributed by atoms with Crippen molar-refractivity contribution >= 4 is 17.4 Å². The molecule has 0 saturated carbocycles. The maximum absolute atomic E-state index is 14.5. The number of aromatic hydroxyl groups is 3. The molecule has 3 N–H and O–H groups in total. The Balaban J connectivity index is 1.15. The van der Waals surface area contributed by atoms with E-state index in [1.165, 1.54) is 43.5 Å². The number of carbonyl (C=O) groups excluding carboxylic acids is 2. The fourth-order valence-electron chi connectivity index (χ4n) is 8.74. The molecule has 4 aromatic rings. The number of phenolic OH excluding ortho intramolecular Hbond substituents is 3. The second-order valence-electron chi connectivity index (χ2n) is 15.5. The first-order valence-electron chi connectivity index (χ1n) is 18.6. The normalized spacial score (nSPS) is 18.4. The number of nitrogens with zero attached hydrogens (tertiary/aromatic N) is 1. The van der Waals surface area contributed by atoms with E-state index in [0.29, 0.717) is 58.0 Å². The molecule has 53 heavy (non-hydrogen) atoms. The van der Waals surface area contributed by atoms with Crippen molar-refractivity contribution in [3.05, 3.63) is 111 Å². The van der Waals surface area contributed by atoms with Crippen molar-refractivity contribution in [3.63, 3.8) is 0 Å². The van der Waals surface area contributed by atoms with Crippen molar-refractivity contribution in [1.82, 2.24) is 4.90 Å². The number of hydrogen-bond acceptors (Lipinski definition) is 8. The van der Waals surface area contributed by atoms with E-state index in [-0.39, 0.29) is 47.1 Å². The quantitative estimate of drug-likeness (QED) is 0.128. The molecule has 1 spiro atoms. The first-order valence-corrected chi connectivity index (χ1v) is 18.6. The zero-order valence-corrected chi connectivity index (χ0v) is 30.8. The van der Waals surface area contributed by atoms with E-state index in [1.54, 1.807) is 35.2 Å². The van der Waals surface area contributed by atoms with Gasteiger partial charge in [-0.2, -0.15) is 0 Å². The number of amides is 1. The van der Waals surface area contributed by atoms with E-state index < -0.39 is 17.2 Å². The van der Waals surface area contributed by atoms with Crippen LogP contribution < -0.4 is 9.47 Å². The summed E-state index contributed by atoms with van der Waals surface area (Å²) in [6.45, 7) is 11.5. The first kappa shape index (κ1) is 34.6. The lowest BCUT2D eigenvalue weighted by molar-refractivity contribution is 0.0224. The van der Waals surface area contributed by atoms with Crippen molar-refractivity contribution < 1.29 is 39.1 Å². The molecule has 2 unspecified atom stereocenters. The molecule has 0 aliphatic carbocycles. The molecule has 4 aliphatic rings. The number of rotatable bonds is 7. The summed E-state index contributed by atoms with van der Waals surface area (Å²) in [5.41, 5.74) is 3.64. The third-order valence-corrected chi connectivity index (χ3v) is 11.8. The molecule has 0 aromatic heterocycles. The minimum absolute atomic E-state index is 0.0404. The van der Waals surface area contributed by atoms with E-state index >= 15 is 0 Å². The molecule has 0 fully saturated rings. The van der Waals surface area contributed by atoms with Gasteiger partial charge in [0.2, 0.25) is 0 Å². The van der Waals surface area contributed by atoms with Gasteiger partial charge in [0.15, 0.2) is 5.60 Å². The SMILES string of the molecule is CCCCCC(C)C(C)c1cc(O)c2c(c1)OC(C)(C)C1=C2CN(C(=O)c2ccc3c(c2)C2(OC3=O)c3ccc(O)cc3Oc3cc(O)ccc32)CC1. The molecule has 1 amide bonds. The van der Waals surface area contributed by atoms with Crippen LogP contribution in [0.25, 0.3) is 5.57 Å². The van der Waals surface area contributed by atoms with Crippen LogP contribution in [0.3, 0.4) is 0 Å². The van der Waals surface area contributed by atoms with Gasteiger partial charge in [0.25, 0.3) is 5.91 Å². The van der Waals surface area contributed by atoms with Gasteiger partial charge in [-0.05, 0) is 103 Å². The summed E-state index contributed by atoms with van der Waals surface area (Å²) >= 11 is 0. The molecule has 0 saturated heterocycles. The summed E-state index contributed by atoms with van der Waals surface area (Å²) in [7, 11) is 0. The highest BCUT2D eigenvalue weighted by Crippen LogP contribution is 2.57. The molecule has 274 valence electrons. The highest BCUT2D eigenvalue weighted by molar-refractivity contribution is 6.01. The van der Waals surface area contributed by atoms with E-state index in [0.717, 1.165) is 23.1 Å². The lowest BCUT2D eigenvalue weighted by Crippen LogP contribution is -2.44. The first-order chi connectivity index (χ1) is 25.3. The van der Waals surface area contributed by atoms with Crippen LogP contribution in [0.15, 0.2) is 72.3 Å². The number of unbranched alkanes of at least 4 members (excludes halogenated alkanes) is 2. The fraction of sp³-hybridized carbons (Fsp3) is 0.364. The van der Waals surface area contributed by atoms with Gasteiger partial charge < -0.3 is 34.4 Å². The Bertz CT molecular complexity index is 2170. The Labute approximate surface area is 309 Å². The number of ether oxygens (including phenoxy) is 3. The minimum Gasteiger partial charge on any atom is -0.508 e. The van der Waals surface area contributed by atoms with Crippen LogP contribution in [-0.4, -0.2) is 50.8 Å². The summed E-state index contributed by atoms with van der Waals surface area (Å²) in [4.78, 5) is 29.8. The number of fused-ring (bicyclic) bond motifs is 8. The number of hydrogen-bond donors (Lipinski definition) is 3. The number of benzene rings is 4. The van der Waals surface area contributed by atoms with Gasteiger partial charge in [0.1, 0.15) is 40.1 Å². The van der Waals surface area contributed by atoms with Gasteiger partial charge in [-0.25, -0.2) is 4.79 Å². The van der Waals surface area contributed by atoms with E-state index in [9.17, 15) is 24.9 Å². The van der Waals surface area contributed by atoms with Crippen LogP contribution in [0.1, 0.15) is 121 Å². The maximum Gasteiger partial charge on any atom is 0.340 e. The van der Waals surface area contributed by atoms with E-state index in [1.807, 2.05) is 19.9 Å². The fourth-order valence-corrected chi connectivity index (χ4v) is 8.74. The maximum atomic E-state index is 14.5. The standard InChI is InChI=1S/C44H45NO8/c1-6-7-8-9-24(2)25(3)27-19-36(48)40-31-23-45(17-16-32(31)43(4,5)52-39(40)20-27)41(49)26-10-13-30-35(18-26)44(53-42(30)50)33-14-11-28(46)21-37(33)51-38-22-29(47)12-15-34(38)44/h10-15,18-22,24-25,46-48H,6-9,16-17,23H2,1-5H3. The monoisotopic (exact) mass is 715 g/mol. The molecule has 9 heteroatoms. The molecule has 8 rings (SSSR count). The average molecular weight is 716 g/mol. The predicted molar refractivity (Wildman–Crippen MR) is 200 cm³/mol. The Morgan fingerprint density at radius 2 is 1.55 bits per heavy atom. The number of phenols is 3. The van der Waals surface area contributed by atoms with Gasteiger partial charge in [-0.15, -0.1) is 0 Å². The highest BCUT2D eigenvalue weighted by Gasteiger charge is 2.54. The second-order valence-corrected chi connectivity index (χ2v) is 15.5. The Hall–Kier alpha value is -5.44. The topological polar surface area (TPSA) is 126 Å². The molecule has 0 radical (unpaired) electrons. The molecule has 4 aromatic carbocycles. The zero-order chi connectivity index (χ0) is 37.4. The lowest BCUT2D eigenvalue weighted by Gasteiger charge is -2.42. The summed E-state index contributed by atoms with van der Waals surface area (Å²) < 4.78 is 18.9. The van der Waals surface area contributed by atoms with Crippen molar-refractivity contribution in [2.75, 3.05) is 13.1 Å². The van der Waals surface area contributed by atoms with Crippen LogP contribution in [0.2, 0.25) is 0 Å². The number of esters is 1. The second kappa shape index (κ2) is 12.6. The summed E-state index contributed by atoms with van der Waals surface area (Å²) in [6, 6.07) is 18.1. The molecular weight excluding hydrogens is 670 g/mol. The third kappa shape index (κ3) is 5.51. The Kier molecular flexibility index (Phi) is 8.24. The Morgan fingerprint density at radius 3 is 2.23 bits per heavy atom. The molecular formula is C44H45NO8. The molecule has 0 bridgehead atoms. The molecule has 9 nitrogen and oxygen atoms in total. The highest BCUT2D eigenvalue weighted by atomic mass is 16.6. The smallest absolute Gasteiger partial charge is 0.340 e. The lowest BCUT2D eigenvalue weighted by atomic mass is 9.77. The summed E-state index contributed by atoms with van der Waals surface area (Å²) in [6.07, 6.45) is 5.26. The van der Waals surface area contributed by atoms with Crippen LogP contribution in [-0.2, 0) is 10.3 Å². The van der Waals surface area contributed by atoms with E-state index in [4.69, 9.17) is 14.2 Å². The van der Waals surface area contributed by atoms with Crippen LogP contribution in [0, 0.1) is 5.92 Å². The molecule has 4 heterocycles. The van der Waals surface area contributed by atoms with E-state index in [2.05, 4.69) is 26.8 Å². The van der Waals surface area contributed by atoms with Crippen molar-refractivity contribution in [2.24, 2.45) is 5.92 Å². The third-order valence-electron chi connectivity index (χ3n) is 11.8. The Morgan fingerprint density at radius 1 is 0.849 bits per heavy atom. The van der Waals surface area contributed by atoms with Gasteiger partial charge >= 0.3 is 5.97 Å². The van der Waals surface area contributed by atoms with Crippen molar-refractivity contribution in [2.45, 2.75) is 83.8 Å². The largest absolute Gasteiger partial charge is 0.508 e. The van der Waals surface area contributed by atoms with Gasteiger partial charge in [-0.1, -0.05) is 46.5 Å². The average Bonchev–Trinajstić information content (AvgIpc) is 3.41. The van der Waals surface area contributed by atoms with Crippen LogP contribution >= 0.6 is 0 Å². The van der Waals surface area contributed by atoms with Gasteiger partial charge in [-0.3, -0.25) is 4.79 Å². The molecule has 4 aliphatic heterocycles. The van der Waals surface area contributed by atoms with Crippen molar-refractivity contribution in [3.8, 4) is 34.5 Å². The van der Waals surface area contributed by atoms with Crippen molar-refractivity contribution in [1.29, 1.82) is 0 Å². The summed E-state index contributed by atoms with van der Waals surface area (Å²) in [5, 5.41) is 32.2. The molecule has 2 atom stereocenters. The zero-order valence-electron chi connectivity index (χ0n) is 30.8. The van der Waals surface area contributed by atoms with Gasteiger partial charge in [0.05, 0.1) is 11.1 Å². The minimum atomic E-state index is -1.48. The predicted octanol–water partition coefficient (Wildman–Crippen LogP) is 9.16. The summed E-state index contributed by atoms with van der Waals surface area (Å²) in [5.74, 6) is 1.13. The number of carbonyl (C=O) groups is 2. The van der Waals surface area contributed by atoms with Gasteiger partial charge in [0, 0.05) is 47.5 Å².